The predicted octanol–water partition coefficient (Wildman–Crippen LogP) is 3.05. The maximum Gasteiger partial charge on any atom is 0.0794 e. The van der Waals surface area contributed by atoms with Crippen LogP contribution < -0.4 is 5.32 Å². The summed E-state index contributed by atoms with van der Waals surface area (Å²) in [6.07, 6.45) is 1.92. The van der Waals surface area contributed by atoms with E-state index in [9.17, 15) is 0 Å². The van der Waals surface area contributed by atoms with Crippen molar-refractivity contribution in [2.75, 3.05) is 0 Å². The van der Waals surface area contributed by atoms with Crippen molar-refractivity contribution in [3.05, 3.63) is 51.5 Å². The van der Waals surface area contributed by atoms with Gasteiger partial charge in [-0.15, -0.1) is 11.3 Å². The molecular formula is C13H16N2S. The number of hydrogen-bond acceptors (Lipinski definition) is 3. The zero-order chi connectivity index (χ0) is 11.4. The summed E-state index contributed by atoms with van der Waals surface area (Å²) in [5.41, 5.74) is 6.00. The van der Waals surface area contributed by atoms with Gasteiger partial charge in [0.2, 0.25) is 0 Å². The monoisotopic (exact) mass is 232 g/mol. The summed E-state index contributed by atoms with van der Waals surface area (Å²) in [5, 5.41) is 3.44. The Morgan fingerprint density at radius 1 is 1.25 bits per heavy atom. The van der Waals surface area contributed by atoms with E-state index >= 15 is 0 Å². The van der Waals surface area contributed by atoms with Crippen molar-refractivity contribution >= 4 is 11.3 Å². The summed E-state index contributed by atoms with van der Waals surface area (Å²) in [5.74, 6) is 0. The van der Waals surface area contributed by atoms with E-state index in [1.54, 1.807) is 11.3 Å². The van der Waals surface area contributed by atoms with Gasteiger partial charge in [-0.3, -0.25) is 4.98 Å². The minimum atomic E-state index is 0.901. The van der Waals surface area contributed by atoms with E-state index in [0.717, 1.165) is 13.1 Å². The van der Waals surface area contributed by atoms with Crippen LogP contribution in [0, 0.1) is 13.8 Å². The molecule has 0 saturated carbocycles. The Morgan fingerprint density at radius 3 is 2.88 bits per heavy atom. The van der Waals surface area contributed by atoms with E-state index < -0.39 is 0 Å². The highest BCUT2D eigenvalue weighted by Gasteiger charge is 2.00. The largest absolute Gasteiger partial charge is 0.308 e. The van der Waals surface area contributed by atoms with Gasteiger partial charge in [0.15, 0.2) is 0 Å². The molecule has 2 aromatic rings. The Bertz CT molecular complexity index is 449. The van der Waals surface area contributed by atoms with Gasteiger partial charge in [0.25, 0.3) is 0 Å². The zero-order valence-corrected chi connectivity index (χ0v) is 10.5. The lowest BCUT2D eigenvalue weighted by molar-refractivity contribution is 0.696. The fraction of sp³-hybridized carbons (Fsp3) is 0.308. The third-order valence-electron chi connectivity index (χ3n) is 2.81. The molecule has 84 valence electrons. The van der Waals surface area contributed by atoms with Crippen LogP contribution in [0.2, 0.25) is 0 Å². The van der Waals surface area contributed by atoms with Crippen LogP contribution in [0.5, 0.6) is 0 Å². The molecule has 0 aliphatic heterocycles. The van der Waals surface area contributed by atoms with E-state index in [0.29, 0.717) is 0 Å². The smallest absolute Gasteiger partial charge is 0.0794 e. The van der Waals surface area contributed by atoms with Gasteiger partial charge >= 0.3 is 0 Å². The highest BCUT2D eigenvalue weighted by atomic mass is 32.1. The number of nitrogens with one attached hydrogen (secondary N) is 1. The lowest BCUT2D eigenvalue weighted by atomic mass is 10.0. The summed E-state index contributed by atoms with van der Waals surface area (Å²) < 4.78 is 0. The number of rotatable bonds is 4. The lowest BCUT2D eigenvalue weighted by Gasteiger charge is -2.09. The molecule has 0 bridgehead atoms. The zero-order valence-electron chi connectivity index (χ0n) is 9.66. The Labute approximate surface area is 100 Å². The molecule has 0 saturated heterocycles. The molecule has 0 spiro atoms. The van der Waals surface area contributed by atoms with E-state index in [1.807, 2.05) is 11.7 Å². The molecule has 1 aromatic heterocycles. The van der Waals surface area contributed by atoms with Crippen LogP contribution in [-0.2, 0) is 13.1 Å². The van der Waals surface area contributed by atoms with E-state index in [2.05, 4.69) is 42.3 Å². The molecule has 2 nitrogen and oxygen atoms in total. The number of hydrogen-bond donors (Lipinski definition) is 1. The summed E-state index contributed by atoms with van der Waals surface area (Å²) in [7, 11) is 0. The molecule has 0 fully saturated rings. The van der Waals surface area contributed by atoms with Crippen molar-refractivity contribution in [3.8, 4) is 0 Å². The van der Waals surface area contributed by atoms with Gasteiger partial charge in [0.1, 0.15) is 0 Å². The lowest BCUT2D eigenvalue weighted by Crippen LogP contribution is -2.12. The number of thiazole rings is 1. The van der Waals surface area contributed by atoms with E-state index in [4.69, 9.17) is 0 Å². The van der Waals surface area contributed by atoms with Crippen molar-refractivity contribution < 1.29 is 0 Å². The number of nitrogens with zero attached hydrogens (tertiary/aromatic N) is 1. The normalized spacial score (nSPS) is 10.6. The number of benzene rings is 1. The van der Waals surface area contributed by atoms with Crippen molar-refractivity contribution in [1.29, 1.82) is 0 Å². The van der Waals surface area contributed by atoms with Crippen molar-refractivity contribution in [2.24, 2.45) is 0 Å². The molecule has 16 heavy (non-hydrogen) atoms. The van der Waals surface area contributed by atoms with Crippen LogP contribution in [-0.4, -0.2) is 4.98 Å². The second-order valence-electron chi connectivity index (χ2n) is 3.93. The molecule has 1 aromatic carbocycles. The molecule has 0 radical (unpaired) electrons. The van der Waals surface area contributed by atoms with Gasteiger partial charge in [0, 0.05) is 24.2 Å². The second kappa shape index (κ2) is 5.23. The molecule has 3 heteroatoms. The summed E-state index contributed by atoms with van der Waals surface area (Å²) in [6, 6.07) is 6.45. The third-order valence-corrected chi connectivity index (χ3v) is 3.59. The van der Waals surface area contributed by atoms with Gasteiger partial charge in [-0.1, -0.05) is 18.2 Å². The highest BCUT2D eigenvalue weighted by molar-refractivity contribution is 7.09. The summed E-state index contributed by atoms with van der Waals surface area (Å²) in [4.78, 5) is 5.34. The molecule has 1 heterocycles. The maximum atomic E-state index is 4.06. The second-order valence-corrected chi connectivity index (χ2v) is 4.90. The van der Waals surface area contributed by atoms with Crippen LogP contribution in [0.3, 0.4) is 0 Å². The Kier molecular flexibility index (Phi) is 3.70. The minimum absolute atomic E-state index is 0.901. The number of aromatic nitrogens is 1. The van der Waals surface area contributed by atoms with Crippen LogP contribution in [0.15, 0.2) is 29.9 Å². The molecule has 0 amide bonds. The quantitative estimate of drug-likeness (QED) is 0.876. The van der Waals surface area contributed by atoms with E-state index in [-0.39, 0.29) is 0 Å². The first-order valence-corrected chi connectivity index (χ1v) is 6.28. The van der Waals surface area contributed by atoms with Gasteiger partial charge in [0.05, 0.1) is 5.51 Å². The standard InChI is InChI=1S/C13H16N2S/c1-10-4-3-5-12(11(10)2)6-14-7-13-8-15-9-16-13/h3-5,8-9,14H,6-7H2,1-2H3. The third kappa shape index (κ3) is 2.68. The van der Waals surface area contributed by atoms with Crippen LogP contribution in [0.4, 0.5) is 0 Å². The van der Waals surface area contributed by atoms with E-state index in [1.165, 1.54) is 21.6 Å². The highest BCUT2D eigenvalue weighted by Crippen LogP contribution is 2.12. The van der Waals surface area contributed by atoms with Crippen molar-refractivity contribution in [2.45, 2.75) is 26.9 Å². The Hall–Kier alpha value is -1.19. The number of aryl methyl sites for hydroxylation is 1. The van der Waals surface area contributed by atoms with Gasteiger partial charge in [-0.25, -0.2) is 0 Å². The van der Waals surface area contributed by atoms with Gasteiger partial charge in [-0.2, -0.15) is 0 Å². The fourth-order valence-corrected chi connectivity index (χ4v) is 2.22. The molecule has 0 unspecified atom stereocenters. The Morgan fingerprint density at radius 2 is 2.12 bits per heavy atom. The average Bonchev–Trinajstić information content (AvgIpc) is 2.77. The molecular weight excluding hydrogens is 216 g/mol. The fourth-order valence-electron chi connectivity index (χ4n) is 1.65. The van der Waals surface area contributed by atoms with Crippen molar-refractivity contribution in [3.63, 3.8) is 0 Å². The van der Waals surface area contributed by atoms with Gasteiger partial charge in [-0.05, 0) is 30.5 Å². The van der Waals surface area contributed by atoms with Crippen LogP contribution >= 0.6 is 11.3 Å². The van der Waals surface area contributed by atoms with Crippen LogP contribution in [0.1, 0.15) is 21.6 Å². The molecule has 2 rings (SSSR count). The first kappa shape index (κ1) is 11.3. The molecule has 1 N–H and O–H groups in total. The maximum absolute atomic E-state index is 4.06. The average molecular weight is 232 g/mol. The van der Waals surface area contributed by atoms with Crippen molar-refractivity contribution in [1.82, 2.24) is 10.3 Å². The molecule has 0 aliphatic carbocycles. The SMILES string of the molecule is Cc1cccc(CNCc2cncs2)c1C. The van der Waals surface area contributed by atoms with Gasteiger partial charge < -0.3 is 5.32 Å². The minimum Gasteiger partial charge on any atom is -0.308 e. The summed E-state index contributed by atoms with van der Waals surface area (Å²) in [6.45, 7) is 6.16. The molecule has 0 atom stereocenters. The first-order valence-electron chi connectivity index (χ1n) is 5.40. The van der Waals surface area contributed by atoms with Crippen LogP contribution in [0.25, 0.3) is 0 Å². The summed E-state index contributed by atoms with van der Waals surface area (Å²) >= 11 is 1.69. The molecule has 0 aliphatic rings. The first-order chi connectivity index (χ1) is 7.77. The topological polar surface area (TPSA) is 24.9 Å². The predicted molar refractivity (Wildman–Crippen MR) is 68.6 cm³/mol. The Balaban J connectivity index is 1.92.